The van der Waals surface area contributed by atoms with Gasteiger partial charge in [0.1, 0.15) is 5.82 Å². The molecular formula is C20H23FN2O. The molecule has 0 unspecified atom stereocenters. The molecule has 1 saturated heterocycles. The number of aryl methyl sites for hydroxylation is 1. The van der Waals surface area contributed by atoms with Crippen LogP contribution in [0.15, 0.2) is 48.5 Å². The van der Waals surface area contributed by atoms with Crippen molar-refractivity contribution < 1.29 is 9.18 Å². The van der Waals surface area contributed by atoms with Gasteiger partial charge in [-0.1, -0.05) is 24.3 Å². The number of rotatable bonds is 6. The highest BCUT2D eigenvalue weighted by Gasteiger charge is 2.11. The van der Waals surface area contributed by atoms with E-state index in [2.05, 4.69) is 34.5 Å². The molecule has 0 bridgehead atoms. The maximum absolute atomic E-state index is 12.8. The molecule has 0 aliphatic carbocycles. The van der Waals surface area contributed by atoms with Gasteiger partial charge in [0.25, 0.3) is 0 Å². The van der Waals surface area contributed by atoms with E-state index in [-0.39, 0.29) is 11.7 Å². The lowest BCUT2D eigenvalue weighted by molar-refractivity contribution is -0.121. The second-order valence-corrected chi connectivity index (χ2v) is 6.26. The highest BCUT2D eigenvalue weighted by Crippen LogP contribution is 2.20. The van der Waals surface area contributed by atoms with E-state index in [0.29, 0.717) is 19.4 Å². The van der Waals surface area contributed by atoms with Crippen molar-refractivity contribution in [2.45, 2.75) is 32.2 Å². The summed E-state index contributed by atoms with van der Waals surface area (Å²) in [6, 6.07) is 14.7. The third kappa shape index (κ3) is 4.57. The predicted molar refractivity (Wildman–Crippen MR) is 94.5 cm³/mol. The van der Waals surface area contributed by atoms with Crippen LogP contribution < -0.4 is 10.2 Å². The Kier molecular flexibility index (Phi) is 5.47. The molecule has 4 heteroatoms. The van der Waals surface area contributed by atoms with Crippen molar-refractivity contribution in [1.29, 1.82) is 0 Å². The summed E-state index contributed by atoms with van der Waals surface area (Å²) in [6.07, 6.45) is 3.58. The molecule has 126 valence electrons. The van der Waals surface area contributed by atoms with E-state index in [9.17, 15) is 9.18 Å². The summed E-state index contributed by atoms with van der Waals surface area (Å²) in [5, 5.41) is 2.94. The van der Waals surface area contributed by atoms with E-state index >= 15 is 0 Å². The lowest BCUT2D eigenvalue weighted by Crippen LogP contribution is -2.23. The molecule has 1 fully saturated rings. The van der Waals surface area contributed by atoms with Crippen LogP contribution in [0.1, 0.15) is 30.4 Å². The zero-order valence-electron chi connectivity index (χ0n) is 13.8. The quantitative estimate of drug-likeness (QED) is 0.878. The Morgan fingerprint density at radius 1 is 0.958 bits per heavy atom. The molecule has 1 N–H and O–H groups in total. The topological polar surface area (TPSA) is 32.3 Å². The summed E-state index contributed by atoms with van der Waals surface area (Å²) in [5.74, 6) is -0.233. The van der Waals surface area contributed by atoms with Crippen LogP contribution in [-0.4, -0.2) is 19.0 Å². The molecule has 1 amide bonds. The molecule has 3 nitrogen and oxygen atoms in total. The Morgan fingerprint density at radius 2 is 1.58 bits per heavy atom. The molecular weight excluding hydrogens is 303 g/mol. The molecule has 2 aromatic rings. The summed E-state index contributed by atoms with van der Waals surface area (Å²) in [4.78, 5) is 14.3. The van der Waals surface area contributed by atoms with Crippen LogP contribution in [0.3, 0.4) is 0 Å². The Hall–Kier alpha value is -2.36. The van der Waals surface area contributed by atoms with E-state index in [1.165, 1.54) is 30.7 Å². The third-order valence-electron chi connectivity index (χ3n) is 4.45. The molecule has 24 heavy (non-hydrogen) atoms. The lowest BCUT2D eigenvalue weighted by Gasteiger charge is -2.17. The van der Waals surface area contributed by atoms with Gasteiger partial charge in [-0.25, -0.2) is 4.39 Å². The molecule has 2 aromatic carbocycles. The number of amides is 1. The number of carbonyl (C=O) groups is 1. The van der Waals surface area contributed by atoms with Crippen molar-refractivity contribution in [3.8, 4) is 0 Å². The monoisotopic (exact) mass is 326 g/mol. The fourth-order valence-corrected chi connectivity index (χ4v) is 3.00. The number of hydrogen-bond acceptors (Lipinski definition) is 2. The van der Waals surface area contributed by atoms with Gasteiger partial charge in [-0.2, -0.15) is 0 Å². The molecule has 3 rings (SSSR count). The lowest BCUT2D eigenvalue weighted by atomic mass is 10.1. The minimum absolute atomic E-state index is 0.0166. The Bertz CT molecular complexity index is 661. The molecule has 0 radical (unpaired) electrons. The Balaban J connectivity index is 1.43. The number of carbonyl (C=O) groups excluding carboxylic acids is 1. The van der Waals surface area contributed by atoms with Crippen molar-refractivity contribution in [3.05, 3.63) is 65.5 Å². The average molecular weight is 326 g/mol. The highest BCUT2D eigenvalue weighted by atomic mass is 19.1. The zero-order valence-corrected chi connectivity index (χ0v) is 13.8. The second kappa shape index (κ2) is 7.95. The highest BCUT2D eigenvalue weighted by molar-refractivity contribution is 5.76. The van der Waals surface area contributed by atoms with Crippen LogP contribution in [0.5, 0.6) is 0 Å². The summed E-state index contributed by atoms with van der Waals surface area (Å²) in [7, 11) is 0. The second-order valence-electron chi connectivity index (χ2n) is 6.26. The first-order chi connectivity index (χ1) is 11.7. The van der Waals surface area contributed by atoms with Gasteiger partial charge >= 0.3 is 0 Å². The molecule has 1 aliphatic rings. The van der Waals surface area contributed by atoms with Crippen LogP contribution in [0, 0.1) is 5.82 Å². The number of nitrogens with one attached hydrogen (secondary N) is 1. The Labute approximate surface area is 142 Å². The van der Waals surface area contributed by atoms with Crippen LogP contribution in [0.2, 0.25) is 0 Å². The van der Waals surface area contributed by atoms with Crippen LogP contribution in [0.4, 0.5) is 10.1 Å². The van der Waals surface area contributed by atoms with Gasteiger partial charge in [0.2, 0.25) is 5.91 Å². The van der Waals surface area contributed by atoms with Gasteiger partial charge in [-0.3, -0.25) is 4.79 Å². The molecule has 0 spiro atoms. The van der Waals surface area contributed by atoms with E-state index in [1.54, 1.807) is 12.1 Å². The first-order valence-electron chi connectivity index (χ1n) is 8.56. The molecule has 0 aromatic heterocycles. The van der Waals surface area contributed by atoms with Crippen molar-refractivity contribution in [2.24, 2.45) is 0 Å². The standard InChI is InChI=1S/C20H23FN2O/c21-18-8-3-16(4-9-18)7-12-20(24)22-15-17-5-10-19(11-6-17)23-13-1-2-14-23/h3-6,8-11H,1-2,7,12-15H2,(H,22,24). The number of anilines is 1. The van der Waals surface area contributed by atoms with Crippen LogP contribution in [0.25, 0.3) is 0 Å². The molecule has 1 aliphatic heterocycles. The first kappa shape index (κ1) is 16.5. The molecule has 0 atom stereocenters. The minimum Gasteiger partial charge on any atom is -0.372 e. The number of hydrogen-bond donors (Lipinski definition) is 1. The molecule has 0 saturated carbocycles. The number of halogens is 1. The number of nitrogens with zero attached hydrogens (tertiary/aromatic N) is 1. The van der Waals surface area contributed by atoms with Gasteiger partial charge < -0.3 is 10.2 Å². The fraction of sp³-hybridized carbons (Fsp3) is 0.350. The van der Waals surface area contributed by atoms with Gasteiger partial charge in [-0.05, 0) is 54.7 Å². The maximum atomic E-state index is 12.8. The largest absolute Gasteiger partial charge is 0.372 e. The predicted octanol–water partition coefficient (Wildman–Crippen LogP) is 3.67. The first-order valence-corrected chi connectivity index (χ1v) is 8.56. The van der Waals surface area contributed by atoms with Crippen LogP contribution in [-0.2, 0) is 17.8 Å². The summed E-state index contributed by atoms with van der Waals surface area (Å²) >= 11 is 0. The maximum Gasteiger partial charge on any atom is 0.220 e. The fourth-order valence-electron chi connectivity index (χ4n) is 3.00. The van der Waals surface area contributed by atoms with Gasteiger partial charge in [-0.15, -0.1) is 0 Å². The van der Waals surface area contributed by atoms with Gasteiger partial charge in [0.05, 0.1) is 0 Å². The minimum atomic E-state index is -0.249. The van der Waals surface area contributed by atoms with Crippen molar-refractivity contribution in [2.75, 3.05) is 18.0 Å². The van der Waals surface area contributed by atoms with E-state index in [4.69, 9.17) is 0 Å². The molecule has 1 heterocycles. The van der Waals surface area contributed by atoms with Gasteiger partial charge in [0, 0.05) is 31.7 Å². The summed E-state index contributed by atoms with van der Waals surface area (Å²) < 4.78 is 12.8. The smallest absolute Gasteiger partial charge is 0.220 e. The summed E-state index contributed by atoms with van der Waals surface area (Å²) in [6.45, 7) is 2.82. The summed E-state index contributed by atoms with van der Waals surface area (Å²) in [5.41, 5.74) is 3.34. The van der Waals surface area contributed by atoms with Crippen molar-refractivity contribution in [1.82, 2.24) is 5.32 Å². The van der Waals surface area contributed by atoms with Crippen molar-refractivity contribution in [3.63, 3.8) is 0 Å². The third-order valence-corrected chi connectivity index (χ3v) is 4.45. The SMILES string of the molecule is O=C(CCc1ccc(F)cc1)NCc1ccc(N2CCCC2)cc1. The zero-order chi connectivity index (χ0) is 16.8. The van der Waals surface area contributed by atoms with E-state index in [0.717, 1.165) is 24.2 Å². The average Bonchev–Trinajstić information content (AvgIpc) is 3.14. The number of benzene rings is 2. The Morgan fingerprint density at radius 3 is 2.25 bits per heavy atom. The normalized spacial score (nSPS) is 14.0. The van der Waals surface area contributed by atoms with Crippen LogP contribution >= 0.6 is 0 Å². The van der Waals surface area contributed by atoms with E-state index < -0.39 is 0 Å². The van der Waals surface area contributed by atoms with Crippen molar-refractivity contribution >= 4 is 11.6 Å². The van der Waals surface area contributed by atoms with Gasteiger partial charge in [0.15, 0.2) is 0 Å². The van der Waals surface area contributed by atoms with E-state index in [1.807, 2.05) is 0 Å².